The van der Waals surface area contributed by atoms with E-state index in [1.165, 1.54) is 11.1 Å². The van der Waals surface area contributed by atoms with Gasteiger partial charge in [0.25, 0.3) is 0 Å². The molecule has 1 atom stereocenters. The number of nitrogens with one attached hydrogen (secondary N) is 1. The van der Waals surface area contributed by atoms with E-state index in [4.69, 9.17) is 21.1 Å². The van der Waals surface area contributed by atoms with Crippen LogP contribution in [0, 0.1) is 6.92 Å². The van der Waals surface area contributed by atoms with E-state index in [2.05, 4.69) is 41.4 Å². The molecule has 5 heteroatoms. The van der Waals surface area contributed by atoms with E-state index in [1.807, 2.05) is 12.1 Å². The van der Waals surface area contributed by atoms with Crippen LogP contribution in [0.5, 0.6) is 11.5 Å². The molecular weight excluding hydrogens is 336 g/mol. The van der Waals surface area contributed by atoms with Crippen LogP contribution in [0.1, 0.15) is 22.7 Å². The number of methoxy groups -OCH3 is 2. The summed E-state index contributed by atoms with van der Waals surface area (Å²) in [6.45, 7) is 6.06. The topological polar surface area (TPSA) is 33.7 Å². The lowest BCUT2D eigenvalue weighted by atomic mass is 9.92. The van der Waals surface area contributed by atoms with E-state index in [0.717, 1.165) is 31.7 Å². The van der Waals surface area contributed by atoms with E-state index in [-0.39, 0.29) is 6.04 Å². The van der Waals surface area contributed by atoms with Crippen molar-refractivity contribution < 1.29 is 9.47 Å². The Morgan fingerprint density at radius 3 is 2.28 bits per heavy atom. The lowest BCUT2D eigenvalue weighted by Crippen LogP contribution is -2.45. The number of halogens is 1. The Bertz CT molecular complexity index is 730. The normalized spacial score (nSPS) is 16.5. The maximum atomic E-state index is 6.68. The molecule has 0 radical (unpaired) electrons. The van der Waals surface area contributed by atoms with Crippen LogP contribution in [0.3, 0.4) is 0 Å². The Kier molecular flexibility index (Phi) is 5.84. The summed E-state index contributed by atoms with van der Waals surface area (Å²) < 4.78 is 10.9. The summed E-state index contributed by atoms with van der Waals surface area (Å²) in [4.78, 5) is 2.48. The predicted molar refractivity (Wildman–Crippen MR) is 102 cm³/mol. The highest BCUT2D eigenvalue weighted by Crippen LogP contribution is 2.41. The second-order valence-corrected chi connectivity index (χ2v) is 6.68. The Labute approximate surface area is 154 Å². The van der Waals surface area contributed by atoms with Crippen molar-refractivity contribution in [2.24, 2.45) is 0 Å². The van der Waals surface area contributed by atoms with Crippen LogP contribution in [-0.2, 0) is 0 Å². The maximum Gasteiger partial charge on any atom is 0.162 e. The first-order chi connectivity index (χ1) is 12.2. The van der Waals surface area contributed by atoms with Crippen LogP contribution in [-0.4, -0.2) is 45.3 Å². The van der Waals surface area contributed by atoms with Gasteiger partial charge in [-0.1, -0.05) is 35.9 Å². The summed E-state index contributed by atoms with van der Waals surface area (Å²) in [5.41, 5.74) is 3.59. The van der Waals surface area contributed by atoms with Gasteiger partial charge in [0.15, 0.2) is 11.5 Å². The van der Waals surface area contributed by atoms with Crippen molar-refractivity contribution >= 4 is 11.6 Å². The molecule has 0 aliphatic carbocycles. The summed E-state index contributed by atoms with van der Waals surface area (Å²) in [6, 6.07) is 12.5. The lowest BCUT2D eigenvalue weighted by Gasteiger charge is -2.36. The van der Waals surface area contributed by atoms with Gasteiger partial charge in [-0.2, -0.15) is 0 Å². The van der Waals surface area contributed by atoms with Crippen molar-refractivity contribution in [2.75, 3.05) is 40.4 Å². The number of aryl methyl sites for hydroxylation is 1. The van der Waals surface area contributed by atoms with Gasteiger partial charge in [-0.25, -0.2) is 0 Å². The van der Waals surface area contributed by atoms with Gasteiger partial charge in [-0.3, -0.25) is 4.90 Å². The quantitative estimate of drug-likeness (QED) is 0.882. The number of hydrogen-bond acceptors (Lipinski definition) is 4. The molecule has 1 unspecified atom stereocenters. The van der Waals surface area contributed by atoms with Crippen LogP contribution in [0.25, 0.3) is 0 Å². The van der Waals surface area contributed by atoms with E-state index >= 15 is 0 Å². The summed E-state index contributed by atoms with van der Waals surface area (Å²) in [6.07, 6.45) is 0. The molecule has 1 aliphatic rings. The van der Waals surface area contributed by atoms with Crippen molar-refractivity contribution in [3.8, 4) is 11.5 Å². The fourth-order valence-electron chi connectivity index (χ4n) is 3.47. The first-order valence-electron chi connectivity index (χ1n) is 8.57. The molecule has 2 aromatic rings. The van der Waals surface area contributed by atoms with Gasteiger partial charge >= 0.3 is 0 Å². The Morgan fingerprint density at radius 1 is 1.00 bits per heavy atom. The number of benzene rings is 2. The lowest BCUT2D eigenvalue weighted by molar-refractivity contribution is 0.197. The molecule has 0 aromatic heterocycles. The molecule has 134 valence electrons. The zero-order valence-electron chi connectivity index (χ0n) is 15.0. The Morgan fingerprint density at radius 2 is 1.64 bits per heavy atom. The molecule has 0 spiro atoms. The van der Waals surface area contributed by atoms with Crippen LogP contribution < -0.4 is 14.8 Å². The third-order valence-corrected chi connectivity index (χ3v) is 5.12. The molecular formula is C20H25ClN2O2. The van der Waals surface area contributed by atoms with Gasteiger partial charge in [-0.15, -0.1) is 0 Å². The number of hydrogen-bond donors (Lipinski definition) is 1. The van der Waals surface area contributed by atoms with Crippen LogP contribution >= 0.6 is 11.6 Å². The molecule has 1 saturated heterocycles. The highest BCUT2D eigenvalue weighted by molar-refractivity contribution is 6.31. The third kappa shape index (κ3) is 3.76. The second-order valence-electron chi connectivity index (χ2n) is 6.27. The van der Waals surface area contributed by atoms with Gasteiger partial charge in [0.2, 0.25) is 0 Å². The highest BCUT2D eigenvalue weighted by Gasteiger charge is 2.28. The van der Waals surface area contributed by atoms with Crippen molar-refractivity contribution in [1.29, 1.82) is 0 Å². The highest BCUT2D eigenvalue weighted by atomic mass is 35.5. The second kappa shape index (κ2) is 8.09. The number of rotatable bonds is 5. The monoisotopic (exact) mass is 360 g/mol. The van der Waals surface area contributed by atoms with Crippen molar-refractivity contribution in [3.63, 3.8) is 0 Å². The van der Waals surface area contributed by atoms with E-state index in [1.54, 1.807) is 14.2 Å². The van der Waals surface area contributed by atoms with Gasteiger partial charge in [0, 0.05) is 37.3 Å². The molecule has 2 aromatic carbocycles. The largest absolute Gasteiger partial charge is 0.493 e. The summed E-state index contributed by atoms with van der Waals surface area (Å²) in [5.74, 6) is 1.36. The zero-order chi connectivity index (χ0) is 17.8. The SMILES string of the molecule is COc1cc(Cl)c(C(c2ccccc2C)N2CCNCC2)cc1OC. The van der Waals surface area contributed by atoms with Crippen molar-refractivity contribution in [1.82, 2.24) is 10.2 Å². The first kappa shape index (κ1) is 18.1. The smallest absolute Gasteiger partial charge is 0.162 e. The minimum atomic E-state index is 0.0932. The molecule has 25 heavy (non-hydrogen) atoms. The molecule has 0 amide bonds. The molecule has 0 saturated carbocycles. The molecule has 3 rings (SSSR count). The molecule has 1 heterocycles. The number of nitrogens with zero attached hydrogens (tertiary/aromatic N) is 1. The molecule has 1 aliphatic heterocycles. The van der Waals surface area contributed by atoms with Gasteiger partial charge in [0.05, 0.1) is 20.3 Å². The zero-order valence-corrected chi connectivity index (χ0v) is 15.8. The molecule has 1 N–H and O–H groups in total. The van der Waals surface area contributed by atoms with Gasteiger partial charge in [-0.05, 0) is 29.7 Å². The van der Waals surface area contributed by atoms with Gasteiger partial charge < -0.3 is 14.8 Å². The average molecular weight is 361 g/mol. The Balaban J connectivity index is 2.13. The third-order valence-electron chi connectivity index (χ3n) is 4.80. The van der Waals surface area contributed by atoms with Crippen LogP contribution in [0.4, 0.5) is 0 Å². The minimum absolute atomic E-state index is 0.0932. The first-order valence-corrected chi connectivity index (χ1v) is 8.95. The predicted octanol–water partition coefficient (Wildman–Crippen LogP) is 3.66. The number of piperazine rings is 1. The standard InChI is InChI=1S/C20H25ClN2O2/c1-14-6-4-5-7-15(14)20(23-10-8-22-9-11-23)16-12-18(24-2)19(25-3)13-17(16)21/h4-7,12-13,20,22H,8-11H2,1-3H3. The Hall–Kier alpha value is -1.75. The fraction of sp³-hybridized carbons (Fsp3) is 0.400. The summed E-state index contributed by atoms with van der Waals surface area (Å²) in [5, 5.41) is 4.12. The summed E-state index contributed by atoms with van der Waals surface area (Å²) >= 11 is 6.68. The van der Waals surface area contributed by atoms with Crippen molar-refractivity contribution in [2.45, 2.75) is 13.0 Å². The van der Waals surface area contributed by atoms with E-state index in [0.29, 0.717) is 16.5 Å². The van der Waals surface area contributed by atoms with E-state index < -0.39 is 0 Å². The molecule has 4 nitrogen and oxygen atoms in total. The molecule has 0 bridgehead atoms. The van der Waals surface area contributed by atoms with Gasteiger partial charge in [0.1, 0.15) is 0 Å². The minimum Gasteiger partial charge on any atom is -0.493 e. The van der Waals surface area contributed by atoms with Crippen LogP contribution in [0.2, 0.25) is 5.02 Å². The molecule has 1 fully saturated rings. The van der Waals surface area contributed by atoms with E-state index in [9.17, 15) is 0 Å². The number of ether oxygens (including phenoxy) is 2. The van der Waals surface area contributed by atoms with Crippen molar-refractivity contribution in [3.05, 3.63) is 58.1 Å². The fourth-order valence-corrected chi connectivity index (χ4v) is 3.73. The average Bonchev–Trinajstić information content (AvgIpc) is 2.65. The summed E-state index contributed by atoms with van der Waals surface area (Å²) in [7, 11) is 3.28. The van der Waals surface area contributed by atoms with Crippen LogP contribution in [0.15, 0.2) is 36.4 Å². The maximum absolute atomic E-state index is 6.68.